The van der Waals surface area contributed by atoms with E-state index in [2.05, 4.69) is 27.8 Å². The highest BCUT2D eigenvalue weighted by Crippen LogP contribution is 2.22. The summed E-state index contributed by atoms with van der Waals surface area (Å²) in [5.74, 6) is 0.354. The number of aliphatic imine (C=N–C) groups is 1. The average molecular weight is 364 g/mol. The van der Waals surface area contributed by atoms with Crippen molar-refractivity contribution in [1.82, 2.24) is 15.5 Å². The van der Waals surface area contributed by atoms with Gasteiger partial charge in [0.1, 0.15) is 0 Å². The molecule has 3 rings (SSSR count). The topological polar surface area (TPSA) is 73.8 Å². The molecule has 0 unspecified atom stereocenters. The van der Waals surface area contributed by atoms with Gasteiger partial charge in [-0.05, 0) is 30.5 Å². The molecule has 2 N–H and O–H groups in total. The summed E-state index contributed by atoms with van der Waals surface area (Å²) in [5, 5.41) is 6.52. The van der Waals surface area contributed by atoms with Crippen LogP contribution in [0.15, 0.2) is 59.6 Å². The van der Waals surface area contributed by atoms with Crippen LogP contribution in [0.25, 0.3) is 0 Å². The van der Waals surface area contributed by atoms with Crippen molar-refractivity contribution >= 4 is 17.8 Å². The van der Waals surface area contributed by atoms with Crippen LogP contribution in [0.1, 0.15) is 39.1 Å². The van der Waals surface area contributed by atoms with E-state index in [4.69, 9.17) is 0 Å². The molecule has 6 heteroatoms. The molecule has 0 fully saturated rings. The Bertz CT molecular complexity index is 798. The molecule has 2 aromatic rings. The van der Waals surface area contributed by atoms with Crippen LogP contribution in [0, 0.1) is 0 Å². The van der Waals surface area contributed by atoms with Crippen LogP contribution >= 0.6 is 0 Å². The fraction of sp³-hybridized carbons (Fsp3) is 0.286. The summed E-state index contributed by atoms with van der Waals surface area (Å²) in [6, 6.07) is 17.1. The van der Waals surface area contributed by atoms with Crippen molar-refractivity contribution in [1.29, 1.82) is 0 Å². The summed E-state index contributed by atoms with van der Waals surface area (Å²) in [6.45, 7) is 1.86. The van der Waals surface area contributed by atoms with E-state index < -0.39 is 0 Å². The molecule has 2 aromatic carbocycles. The fourth-order valence-electron chi connectivity index (χ4n) is 3.05. The first-order valence-corrected chi connectivity index (χ1v) is 9.14. The van der Waals surface area contributed by atoms with Crippen molar-refractivity contribution in [2.24, 2.45) is 4.99 Å². The number of unbranched alkanes of at least 4 members (excludes halogenated alkanes) is 1. The van der Waals surface area contributed by atoms with Crippen molar-refractivity contribution in [2.45, 2.75) is 19.4 Å². The Morgan fingerprint density at radius 2 is 1.52 bits per heavy atom. The Kier molecular flexibility index (Phi) is 6.20. The molecule has 0 bridgehead atoms. The van der Waals surface area contributed by atoms with Gasteiger partial charge in [0.05, 0.1) is 11.1 Å². The summed E-state index contributed by atoms with van der Waals surface area (Å²) in [7, 11) is 1.74. The lowest BCUT2D eigenvalue weighted by Crippen LogP contribution is -2.37. The van der Waals surface area contributed by atoms with Gasteiger partial charge in [-0.2, -0.15) is 0 Å². The molecule has 0 radical (unpaired) electrons. The number of carbonyl (C=O) groups is 2. The third kappa shape index (κ3) is 4.53. The zero-order chi connectivity index (χ0) is 19.1. The van der Waals surface area contributed by atoms with Crippen LogP contribution in [0.4, 0.5) is 0 Å². The number of guanidine groups is 1. The first-order valence-electron chi connectivity index (χ1n) is 9.14. The second-order valence-corrected chi connectivity index (χ2v) is 6.35. The molecule has 140 valence electrons. The minimum Gasteiger partial charge on any atom is -0.356 e. The minimum atomic E-state index is -0.191. The fourth-order valence-corrected chi connectivity index (χ4v) is 3.05. The largest absolute Gasteiger partial charge is 0.356 e. The SMILES string of the molecule is CN=C(NCCCCN1C(=O)c2ccccc2C1=O)NCc1ccccc1. The maximum absolute atomic E-state index is 12.3. The molecule has 6 nitrogen and oxygen atoms in total. The van der Waals surface area contributed by atoms with Gasteiger partial charge in [-0.3, -0.25) is 19.5 Å². The van der Waals surface area contributed by atoms with Gasteiger partial charge < -0.3 is 10.6 Å². The number of fused-ring (bicyclic) bond motifs is 1. The minimum absolute atomic E-state index is 0.191. The van der Waals surface area contributed by atoms with Crippen molar-refractivity contribution in [2.75, 3.05) is 20.1 Å². The first kappa shape index (κ1) is 18.6. The summed E-state index contributed by atoms with van der Waals surface area (Å²) in [4.78, 5) is 30.2. The van der Waals surface area contributed by atoms with Gasteiger partial charge >= 0.3 is 0 Å². The van der Waals surface area contributed by atoms with Gasteiger partial charge in [0.15, 0.2) is 5.96 Å². The van der Waals surface area contributed by atoms with E-state index in [0.29, 0.717) is 24.2 Å². The molecule has 0 saturated carbocycles. The van der Waals surface area contributed by atoms with Gasteiger partial charge in [0.2, 0.25) is 0 Å². The molecule has 0 spiro atoms. The summed E-state index contributed by atoms with van der Waals surface area (Å²) in [6.07, 6.45) is 1.58. The third-order valence-electron chi connectivity index (χ3n) is 4.51. The number of rotatable bonds is 7. The van der Waals surface area contributed by atoms with Crippen LogP contribution in [-0.4, -0.2) is 42.8 Å². The molecule has 1 aliphatic rings. The molecule has 0 atom stereocenters. The zero-order valence-corrected chi connectivity index (χ0v) is 15.4. The Morgan fingerprint density at radius 3 is 2.15 bits per heavy atom. The van der Waals surface area contributed by atoms with Gasteiger partial charge in [-0.25, -0.2) is 0 Å². The average Bonchev–Trinajstić information content (AvgIpc) is 2.95. The van der Waals surface area contributed by atoms with Gasteiger partial charge in [-0.15, -0.1) is 0 Å². The summed E-state index contributed by atoms with van der Waals surface area (Å²) >= 11 is 0. The van der Waals surface area contributed by atoms with E-state index in [9.17, 15) is 9.59 Å². The number of imide groups is 1. The highest BCUT2D eigenvalue weighted by molar-refractivity contribution is 6.21. The van der Waals surface area contributed by atoms with Crippen molar-refractivity contribution in [3.63, 3.8) is 0 Å². The second kappa shape index (κ2) is 8.98. The Morgan fingerprint density at radius 1 is 0.889 bits per heavy atom. The van der Waals surface area contributed by atoms with Crippen LogP contribution in [0.3, 0.4) is 0 Å². The predicted octanol–water partition coefficient (Wildman–Crippen LogP) is 2.43. The highest BCUT2D eigenvalue weighted by Gasteiger charge is 2.34. The lowest BCUT2D eigenvalue weighted by Gasteiger charge is -2.15. The summed E-state index contributed by atoms with van der Waals surface area (Å²) in [5.41, 5.74) is 2.20. The maximum Gasteiger partial charge on any atom is 0.261 e. The van der Waals surface area contributed by atoms with Crippen LogP contribution in [0.2, 0.25) is 0 Å². The number of nitrogens with zero attached hydrogens (tertiary/aromatic N) is 2. The van der Waals surface area contributed by atoms with Crippen molar-refractivity contribution in [3.05, 3.63) is 71.3 Å². The zero-order valence-electron chi connectivity index (χ0n) is 15.4. The lowest BCUT2D eigenvalue weighted by atomic mass is 10.1. The molecular weight excluding hydrogens is 340 g/mol. The summed E-state index contributed by atoms with van der Waals surface area (Å²) < 4.78 is 0. The molecule has 1 heterocycles. The maximum atomic E-state index is 12.3. The molecule has 27 heavy (non-hydrogen) atoms. The normalized spacial score (nSPS) is 13.7. The number of benzene rings is 2. The quantitative estimate of drug-likeness (QED) is 0.342. The second-order valence-electron chi connectivity index (χ2n) is 6.35. The Hall–Kier alpha value is -3.15. The Balaban J connectivity index is 1.38. The number of hydrogen-bond acceptors (Lipinski definition) is 3. The molecular formula is C21H24N4O2. The molecule has 0 aromatic heterocycles. The van der Waals surface area contributed by atoms with Gasteiger partial charge in [-0.1, -0.05) is 42.5 Å². The molecule has 0 aliphatic carbocycles. The number of carbonyl (C=O) groups excluding carboxylic acids is 2. The van der Waals surface area contributed by atoms with Gasteiger partial charge in [0.25, 0.3) is 11.8 Å². The molecule has 1 aliphatic heterocycles. The standard InChI is InChI=1S/C21H24N4O2/c1-22-21(24-15-16-9-3-2-4-10-16)23-13-7-8-14-25-19(26)17-11-5-6-12-18(17)20(25)27/h2-6,9-12H,7-8,13-15H2,1H3,(H2,22,23,24). The number of amides is 2. The molecule has 2 amide bonds. The highest BCUT2D eigenvalue weighted by atomic mass is 16.2. The Labute approximate surface area is 159 Å². The van der Waals surface area contributed by atoms with Crippen molar-refractivity contribution in [3.8, 4) is 0 Å². The first-order chi connectivity index (χ1) is 13.2. The number of nitrogens with one attached hydrogen (secondary N) is 2. The van der Waals surface area contributed by atoms with Crippen LogP contribution in [-0.2, 0) is 6.54 Å². The third-order valence-corrected chi connectivity index (χ3v) is 4.51. The van der Waals surface area contributed by atoms with Crippen molar-refractivity contribution < 1.29 is 9.59 Å². The van der Waals surface area contributed by atoms with Gasteiger partial charge in [0, 0.05) is 26.7 Å². The van der Waals surface area contributed by atoms with E-state index in [1.54, 1.807) is 31.3 Å². The monoisotopic (exact) mass is 364 g/mol. The number of hydrogen-bond donors (Lipinski definition) is 2. The predicted molar refractivity (Wildman–Crippen MR) is 106 cm³/mol. The molecule has 0 saturated heterocycles. The lowest BCUT2D eigenvalue weighted by molar-refractivity contribution is 0.0652. The smallest absolute Gasteiger partial charge is 0.261 e. The van der Waals surface area contributed by atoms with E-state index in [1.165, 1.54) is 10.5 Å². The van der Waals surface area contributed by atoms with E-state index in [0.717, 1.165) is 25.3 Å². The van der Waals surface area contributed by atoms with Crippen LogP contribution < -0.4 is 10.6 Å². The van der Waals surface area contributed by atoms with E-state index in [1.807, 2.05) is 18.2 Å². The van der Waals surface area contributed by atoms with E-state index in [-0.39, 0.29) is 11.8 Å². The van der Waals surface area contributed by atoms with Crippen LogP contribution in [0.5, 0.6) is 0 Å². The van der Waals surface area contributed by atoms with E-state index >= 15 is 0 Å².